The molecule has 182 valence electrons. The summed E-state index contributed by atoms with van der Waals surface area (Å²) in [5, 5.41) is 13.8. The first-order valence-corrected chi connectivity index (χ1v) is 13.0. The molecular weight excluding hydrogens is 470 g/mol. The molecule has 0 aliphatic heterocycles. The molecule has 1 amide bonds. The number of ketones is 1. The Morgan fingerprint density at radius 3 is 2.14 bits per heavy atom. The van der Waals surface area contributed by atoms with Gasteiger partial charge in [-0.25, -0.2) is 0 Å². The fourth-order valence-corrected chi connectivity index (χ4v) is 5.19. The number of aliphatic carboxylic acids is 1. The zero-order chi connectivity index (χ0) is 25.1. The number of carbonyl (C=O) groups is 3. The van der Waals surface area contributed by atoms with Crippen LogP contribution in [0.2, 0.25) is 0 Å². The summed E-state index contributed by atoms with van der Waals surface area (Å²) in [6.45, 7) is 0.419. The van der Waals surface area contributed by atoms with E-state index < -0.39 is 5.97 Å². The highest BCUT2D eigenvalue weighted by atomic mass is 32.1. The molecule has 5 rings (SSSR count). The number of benzene rings is 2. The van der Waals surface area contributed by atoms with Crippen molar-refractivity contribution in [2.24, 2.45) is 11.8 Å². The number of hydrogen-bond acceptors (Lipinski definition) is 4. The maximum absolute atomic E-state index is 12.6. The van der Waals surface area contributed by atoms with E-state index in [0.29, 0.717) is 17.8 Å². The Kier molecular flexibility index (Phi) is 6.96. The van der Waals surface area contributed by atoms with Crippen LogP contribution in [0, 0.1) is 11.8 Å². The maximum Gasteiger partial charge on any atom is 0.303 e. The highest BCUT2D eigenvalue weighted by Crippen LogP contribution is 2.33. The molecule has 0 bridgehead atoms. The SMILES string of the molecule is O=C(O)CC1C=CC(CNC(=O)c2cc(-c3ccc(-c4ccc(C(=O)C5CC5)cc4)cc3)cs2)=CC1. The molecule has 1 unspecified atom stereocenters. The van der Waals surface area contributed by atoms with Crippen molar-refractivity contribution in [2.45, 2.75) is 25.7 Å². The van der Waals surface area contributed by atoms with Gasteiger partial charge in [0.05, 0.1) is 11.3 Å². The van der Waals surface area contributed by atoms with E-state index in [1.165, 1.54) is 11.3 Å². The molecule has 6 heteroatoms. The molecule has 2 aromatic carbocycles. The molecule has 2 aliphatic rings. The number of nitrogens with one attached hydrogen (secondary N) is 1. The average molecular weight is 498 g/mol. The molecule has 0 spiro atoms. The molecule has 1 fully saturated rings. The van der Waals surface area contributed by atoms with Gasteiger partial charge >= 0.3 is 5.97 Å². The largest absolute Gasteiger partial charge is 0.481 e. The normalized spacial score (nSPS) is 16.9. The molecular formula is C30H27NO4S. The van der Waals surface area contributed by atoms with Gasteiger partial charge in [-0.3, -0.25) is 14.4 Å². The van der Waals surface area contributed by atoms with Gasteiger partial charge in [0.25, 0.3) is 5.91 Å². The van der Waals surface area contributed by atoms with E-state index in [4.69, 9.17) is 5.11 Å². The monoisotopic (exact) mass is 497 g/mol. The van der Waals surface area contributed by atoms with Crippen LogP contribution in [0.15, 0.2) is 83.8 Å². The summed E-state index contributed by atoms with van der Waals surface area (Å²) in [5.74, 6) is -0.416. The molecule has 1 heterocycles. The summed E-state index contributed by atoms with van der Waals surface area (Å²) in [4.78, 5) is 36.4. The first-order valence-electron chi connectivity index (χ1n) is 12.2. The van der Waals surface area contributed by atoms with Gasteiger partial charge in [0, 0.05) is 18.0 Å². The van der Waals surface area contributed by atoms with E-state index in [1.54, 1.807) is 0 Å². The number of carbonyl (C=O) groups excluding carboxylic acids is 2. The van der Waals surface area contributed by atoms with Crippen LogP contribution in [-0.4, -0.2) is 29.3 Å². The van der Waals surface area contributed by atoms with Gasteiger partial charge in [0.2, 0.25) is 0 Å². The third-order valence-electron chi connectivity index (χ3n) is 6.65. The van der Waals surface area contributed by atoms with E-state index in [-0.39, 0.29) is 29.9 Å². The standard InChI is InChI=1S/C30H27NO4S/c32-28(33)15-19-1-3-20(4-2-19)17-31-30(35)27-16-26(18-36-27)23-7-5-21(6-8-23)22-9-11-24(12-10-22)29(34)25-13-14-25/h1,3-12,16,18-19,25H,2,13-15,17H2,(H,31,35)(H,32,33). The van der Waals surface area contributed by atoms with Crippen molar-refractivity contribution in [3.05, 3.63) is 94.2 Å². The summed E-state index contributed by atoms with van der Waals surface area (Å²) >= 11 is 1.41. The zero-order valence-corrected chi connectivity index (χ0v) is 20.6. The van der Waals surface area contributed by atoms with E-state index in [9.17, 15) is 14.4 Å². The number of allylic oxidation sites excluding steroid dienone is 2. The van der Waals surface area contributed by atoms with Crippen LogP contribution in [0.4, 0.5) is 0 Å². The van der Waals surface area contributed by atoms with Crippen LogP contribution in [-0.2, 0) is 4.79 Å². The van der Waals surface area contributed by atoms with Crippen molar-refractivity contribution in [3.8, 4) is 22.3 Å². The van der Waals surface area contributed by atoms with Crippen molar-refractivity contribution in [1.29, 1.82) is 0 Å². The number of amides is 1. The van der Waals surface area contributed by atoms with E-state index in [1.807, 2.05) is 66.1 Å². The highest BCUT2D eigenvalue weighted by molar-refractivity contribution is 7.12. The molecule has 0 radical (unpaired) electrons. The molecule has 2 aliphatic carbocycles. The van der Waals surface area contributed by atoms with Crippen LogP contribution in [0.3, 0.4) is 0 Å². The molecule has 0 saturated heterocycles. The molecule has 3 aromatic rings. The van der Waals surface area contributed by atoms with Crippen LogP contribution >= 0.6 is 11.3 Å². The van der Waals surface area contributed by atoms with Crippen molar-refractivity contribution < 1.29 is 19.5 Å². The second kappa shape index (κ2) is 10.5. The highest BCUT2D eigenvalue weighted by Gasteiger charge is 2.30. The van der Waals surface area contributed by atoms with Gasteiger partial charge in [-0.15, -0.1) is 11.3 Å². The molecule has 36 heavy (non-hydrogen) atoms. The van der Waals surface area contributed by atoms with Crippen molar-refractivity contribution in [1.82, 2.24) is 5.32 Å². The number of thiophene rings is 1. The van der Waals surface area contributed by atoms with Gasteiger partial charge in [-0.05, 0) is 64.5 Å². The Hall–Kier alpha value is -3.77. The Morgan fingerprint density at radius 1 is 0.917 bits per heavy atom. The summed E-state index contributed by atoms with van der Waals surface area (Å²) in [7, 11) is 0. The third kappa shape index (κ3) is 5.71. The van der Waals surface area contributed by atoms with Crippen LogP contribution in [0.1, 0.15) is 45.7 Å². The van der Waals surface area contributed by atoms with Gasteiger partial charge in [0.1, 0.15) is 0 Å². The fourth-order valence-electron chi connectivity index (χ4n) is 4.36. The number of carboxylic acid groups (broad SMARTS) is 1. The van der Waals surface area contributed by atoms with Gasteiger partial charge < -0.3 is 10.4 Å². The molecule has 5 nitrogen and oxygen atoms in total. The summed E-state index contributed by atoms with van der Waals surface area (Å²) in [6.07, 6.45) is 8.63. The van der Waals surface area contributed by atoms with Crippen LogP contribution < -0.4 is 5.32 Å². The van der Waals surface area contributed by atoms with E-state index in [2.05, 4.69) is 17.4 Å². The lowest BCUT2D eigenvalue weighted by Crippen LogP contribution is -2.25. The quantitative estimate of drug-likeness (QED) is 0.336. The topological polar surface area (TPSA) is 83.5 Å². The molecule has 1 aromatic heterocycles. The van der Waals surface area contributed by atoms with Crippen molar-refractivity contribution in [3.63, 3.8) is 0 Å². The number of hydrogen-bond donors (Lipinski definition) is 2. The second-order valence-electron chi connectivity index (χ2n) is 9.41. The first kappa shape index (κ1) is 23.9. The Morgan fingerprint density at radius 2 is 1.56 bits per heavy atom. The van der Waals surface area contributed by atoms with Crippen molar-refractivity contribution in [2.75, 3.05) is 6.54 Å². The zero-order valence-electron chi connectivity index (χ0n) is 19.8. The average Bonchev–Trinajstić information content (AvgIpc) is 3.63. The Bertz CT molecular complexity index is 1340. The lowest BCUT2D eigenvalue weighted by Gasteiger charge is -2.14. The Balaban J connectivity index is 1.17. The molecule has 1 atom stereocenters. The lowest BCUT2D eigenvalue weighted by atomic mass is 9.94. The minimum Gasteiger partial charge on any atom is -0.481 e. The Labute approximate surface area is 214 Å². The third-order valence-corrected chi connectivity index (χ3v) is 7.58. The predicted molar refractivity (Wildman–Crippen MR) is 142 cm³/mol. The predicted octanol–water partition coefficient (Wildman–Crippen LogP) is 6.38. The lowest BCUT2D eigenvalue weighted by molar-refractivity contribution is -0.137. The summed E-state index contributed by atoms with van der Waals surface area (Å²) < 4.78 is 0. The first-order chi connectivity index (χ1) is 17.5. The number of carboxylic acids is 1. The van der Waals surface area contributed by atoms with Crippen LogP contribution in [0.25, 0.3) is 22.3 Å². The van der Waals surface area contributed by atoms with Gasteiger partial charge in [-0.1, -0.05) is 66.8 Å². The number of Topliss-reactive ketones (excluding diaryl/α,β-unsaturated/α-hetero) is 1. The smallest absolute Gasteiger partial charge is 0.303 e. The molecule has 2 N–H and O–H groups in total. The number of rotatable bonds is 9. The molecule has 1 saturated carbocycles. The van der Waals surface area contributed by atoms with Crippen molar-refractivity contribution >= 4 is 29.0 Å². The van der Waals surface area contributed by atoms with Gasteiger partial charge in [-0.2, -0.15) is 0 Å². The van der Waals surface area contributed by atoms with E-state index in [0.717, 1.165) is 46.2 Å². The fraction of sp³-hybridized carbons (Fsp3) is 0.233. The summed E-state index contributed by atoms with van der Waals surface area (Å²) in [5.41, 5.74) is 5.96. The maximum atomic E-state index is 12.6. The minimum absolute atomic E-state index is 0.0177. The summed E-state index contributed by atoms with van der Waals surface area (Å²) in [6, 6.07) is 18.0. The second-order valence-corrected chi connectivity index (χ2v) is 10.3. The van der Waals surface area contributed by atoms with Crippen LogP contribution in [0.5, 0.6) is 0 Å². The van der Waals surface area contributed by atoms with E-state index >= 15 is 0 Å². The van der Waals surface area contributed by atoms with Gasteiger partial charge in [0.15, 0.2) is 5.78 Å². The minimum atomic E-state index is -0.798.